The number of anilines is 1. The number of hydrogen-bond donors (Lipinski definition) is 2. The maximum absolute atomic E-state index is 13.7. The molecule has 202 valence electrons. The summed E-state index contributed by atoms with van der Waals surface area (Å²) in [4.78, 5) is 25.8. The van der Waals surface area contributed by atoms with E-state index in [9.17, 15) is 22.8 Å². The Morgan fingerprint density at radius 1 is 1.05 bits per heavy atom. The van der Waals surface area contributed by atoms with Gasteiger partial charge in [-0.05, 0) is 78.4 Å². The Hall–Kier alpha value is -2.31. The molecule has 2 N–H and O–H groups in total. The van der Waals surface area contributed by atoms with Crippen molar-refractivity contribution < 1.29 is 22.8 Å². The van der Waals surface area contributed by atoms with Gasteiger partial charge in [-0.3, -0.25) is 9.59 Å². The Morgan fingerprint density at radius 2 is 1.78 bits per heavy atom. The summed E-state index contributed by atoms with van der Waals surface area (Å²) in [5.74, 6) is 1.06. The van der Waals surface area contributed by atoms with Crippen molar-refractivity contribution >= 4 is 17.4 Å². The van der Waals surface area contributed by atoms with Gasteiger partial charge in [0.25, 0.3) is 0 Å². The average Bonchev–Trinajstić information content (AvgIpc) is 3.15. The lowest BCUT2D eigenvalue weighted by atomic mass is 9.50. The van der Waals surface area contributed by atoms with Crippen LogP contribution in [0.1, 0.15) is 84.3 Å². The fraction of sp³-hybridized carbons (Fsp3) is 0.667. The SMILES string of the molecule is CC(C)(C)c1ccc(C(F)(F)F)cc1NC(=O)[C@H]1CCC2C3CNC4=CC(=O)CC[C@]4(C)C3CCC21C. The summed E-state index contributed by atoms with van der Waals surface area (Å²) in [6.07, 6.45) is 2.40. The van der Waals surface area contributed by atoms with E-state index in [0.717, 1.165) is 56.5 Å². The highest BCUT2D eigenvalue weighted by Gasteiger charge is 2.60. The van der Waals surface area contributed by atoms with Crippen molar-refractivity contribution in [2.24, 2.45) is 34.5 Å². The molecule has 1 aliphatic heterocycles. The third-order valence-electron chi connectivity index (χ3n) is 10.3. The molecular weight excluding hydrogens is 477 g/mol. The minimum absolute atomic E-state index is 0.0296. The van der Waals surface area contributed by atoms with Crippen molar-refractivity contribution in [1.82, 2.24) is 5.32 Å². The van der Waals surface area contributed by atoms with Crippen LogP contribution in [0.2, 0.25) is 0 Å². The van der Waals surface area contributed by atoms with Gasteiger partial charge in [0.1, 0.15) is 0 Å². The van der Waals surface area contributed by atoms with Crippen LogP contribution < -0.4 is 10.6 Å². The second-order valence-electron chi connectivity index (χ2n) is 13.4. The molecule has 6 atom stereocenters. The number of benzene rings is 1. The lowest BCUT2D eigenvalue weighted by molar-refractivity contribution is -0.137. The first-order valence-corrected chi connectivity index (χ1v) is 13.7. The van der Waals surface area contributed by atoms with Gasteiger partial charge in [0, 0.05) is 41.8 Å². The van der Waals surface area contributed by atoms with E-state index in [4.69, 9.17) is 0 Å². The Balaban J connectivity index is 1.40. The van der Waals surface area contributed by atoms with E-state index in [1.165, 1.54) is 6.07 Å². The Morgan fingerprint density at radius 3 is 2.46 bits per heavy atom. The number of rotatable bonds is 2. The molecule has 1 amide bonds. The van der Waals surface area contributed by atoms with Crippen LogP contribution in [-0.4, -0.2) is 18.2 Å². The van der Waals surface area contributed by atoms with Gasteiger partial charge in [-0.15, -0.1) is 0 Å². The number of piperidine rings is 1. The topological polar surface area (TPSA) is 58.2 Å². The second kappa shape index (κ2) is 8.60. The molecule has 4 nitrogen and oxygen atoms in total. The zero-order valence-electron chi connectivity index (χ0n) is 22.5. The lowest BCUT2D eigenvalue weighted by Gasteiger charge is -2.58. The van der Waals surface area contributed by atoms with Gasteiger partial charge in [-0.25, -0.2) is 0 Å². The molecule has 2 saturated carbocycles. The van der Waals surface area contributed by atoms with E-state index in [-0.39, 0.29) is 34.1 Å². The molecule has 4 aliphatic rings. The first kappa shape index (κ1) is 26.3. The number of carbonyl (C=O) groups excluding carboxylic acids is 2. The zero-order valence-corrected chi connectivity index (χ0v) is 22.5. The smallest absolute Gasteiger partial charge is 0.387 e. The molecule has 3 aliphatic carbocycles. The molecule has 3 fully saturated rings. The molecule has 1 saturated heterocycles. The maximum Gasteiger partial charge on any atom is 0.416 e. The molecule has 5 rings (SSSR count). The van der Waals surface area contributed by atoms with Crippen LogP contribution in [0.3, 0.4) is 0 Å². The summed E-state index contributed by atoms with van der Waals surface area (Å²) in [5.41, 5.74) is 0.664. The van der Waals surface area contributed by atoms with Gasteiger partial charge < -0.3 is 10.6 Å². The first-order chi connectivity index (χ1) is 17.1. The summed E-state index contributed by atoms with van der Waals surface area (Å²) in [6, 6.07) is 3.69. The Bertz CT molecular complexity index is 1150. The number of ketones is 1. The molecule has 0 aromatic heterocycles. The van der Waals surface area contributed by atoms with Crippen molar-refractivity contribution in [1.29, 1.82) is 0 Å². The molecular formula is C30H39F3N2O2. The maximum atomic E-state index is 13.7. The number of halogens is 3. The Labute approximate surface area is 217 Å². The predicted octanol–water partition coefficient (Wildman–Crippen LogP) is 6.86. The molecule has 0 spiro atoms. The minimum Gasteiger partial charge on any atom is -0.387 e. The molecule has 1 aromatic rings. The number of alkyl halides is 3. The van der Waals surface area contributed by atoms with Crippen LogP contribution in [0.15, 0.2) is 30.0 Å². The normalized spacial score (nSPS) is 35.6. The number of nitrogens with one attached hydrogen (secondary N) is 2. The molecule has 0 radical (unpaired) electrons. The third kappa shape index (κ3) is 4.30. The zero-order chi connectivity index (χ0) is 27.0. The van der Waals surface area contributed by atoms with Crippen LogP contribution in [0.25, 0.3) is 0 Å². The summed E-state index contributed by atoms with van der Waals surface area (Å²) in [6.45, 7) is 11.2. The highest BCUT2D eigenvalue weighted by molar-refractivity contribution is 5.94. The minimum atomic E-state index is -4.47. The highest BCUT2D eigenvalue weighted by Crippen LogP contribution is 2.64. The van der Waals surface area contributed by atoms with E-state index in [2.05, 4.69) is 24.5 Å². The van der Waals surface area contributed by atoms with Gasteiger partial charge in [0.15, 0.2) is 5.78 Å². The van der Waals surface area contributed by atoms with Gasteiger partial charge in [0.2, 0.25) is 5.91 Å². The monoisotopic (exact) mass is 516 g/mol. The van der Waals surface area contributed by atoms with Crippen LogP contribution in [0, 0.1) is 34.5 Å². The van der Waals surface area contributed by atoms with Crippen molar-refractivity contribution in [3.8, 4) is 0 Å². The molecule has 1 heterocycles. The van der Waals surface area contributed by atoms with E-state index < -0.39 is 17.2 Å². The summed E-state index contributed by atoms with van der Waals surface area (Å²) >= 11 is 0. The van der Waals surface area contributed by atoms with Crippen LogP contribution >= 0.6 is 0 Å². The van der Waals surface area contributed by atoms with E-state index in [0.29, 0.717) is 29.7 Å². The number of amides is 1. The van der Waals surface area contributed by atoms with E-state index >= 15 is 0 Å². The number of carbonyl (C=O) groups is 2. The van der Waals surface area contributed by atoms with Gasteiger partial charge >= 0.3 is 6.18 Å². The summed E-state index contributed by atoms with van der Waals surface area (Å²) in [7, 11) is 0. The summed E-state index contributed by atoms with van der Waals surface area (Å²) < 4.78 is 40.5. The highest BCUT2D eigenvalue weighted by atomic mass is 19.4. The second-order valence-corrected chi connectivity index (χ2v) is 13.4. The average molecular weight is 517 g/mol. The van der Waals surface area contributed by atoms with Crippen molar-refractivity contribution in [3.63, 3.8) is 0 Å². The van der Waals surface area contributed by atoms with Crippen LogP contribution in [-0.2, 0) is 21.2 Å². The third-order valence-corrected chi connectivity index (χ3v) is 10.3. The first-order valence-electron chi connectivity index (χ1n) is 13.7. The van der Waals surface area contributed by atoms with Crippen molar-refractivity contribution in [3.05, 3.63) is 41.1 Å². The number of fused-ring (bicyclic) bond motifs is 5. The summed E-state index contributed by atoms with van der Waals surface area (Å²) in [5, 5.41) is 6.54. The molecule has 4 unspecified atom stereocenters. The van der Waals surface area contributed by atoms with E-state index in [1.807, 2.05) is 20.8 Å². The van der Waals surface area contributed by atoms with Gasteiger partial charge in [-0.2, -0.15) is 13.2 Å². The van der Waals surface area contributed by atoms with Gasteiger partial charge in [-0.1, -0.05) is 40.7 Å². The predicted molar refractivity (Wildman–Crippen MR) is 138 cm³/mol. The standard InChI is InChI=1S/C30H39F3N2O2/c1-27(2,3)22-7-6-17(30(31,32)33)14-24(22)35-26(37)23-9-8-20-19-16-34-25-15-18(36)10-12-29(25,5)21(19)11-13-28(20,23)4/h6-7,14-15,19-21,23,34H,8-13,16H2,1-5H3,(H,35,37)/t19?,20?,21?,23-,28?,29-/m1/s1. The quantitative estimate of drug-likeness (QED) is 0.452. The number of hydrogen-bond acceptors (Lipinski definition) is 3. The van der Waals surface area contributed by atoms with E-state index in [1.54, 1.807) is 6.08 Å². The van der Waals surface area contributed by atoms with Crippen LogP contribution in [0.4, 0.5) is 18.9 Å². The van der Waals surface area contributed by atoms with Crippen LogP contribution in [0.5, 0.6) is 0 Å². The fourth-order valence-corrected chi connectivity index (χ4v) is 8.27. The van der Waals surface area contributed by atoms with Gasteiger partial charge in [0.05, 0.1) is 5.56 Å². The molecule has 7 heteroatoms. The van der Waals surface area contributed by atoms with Crippen molar-refractivity contribution in [2.45, 2.75) is 84.7 Å². The number of allylic oxidation sites excluding steroid dienone is 2. The lowest BCUT2D eigenvalue weighted by Crippen LogP contribution is -2.57. The van der Waals surface area contributed by atoms with Crippen molar-refractivity contribution in [2.75, 3.05) is 11.9 Å². The fourth-order valence-electron chi connectivity index (χ4n) is 8.27. The molecule has 37 heavy (non-hydrogen) atoms. The largest absolute Gasteiger partial charge is 0.416 e. The molecule has 1 aromatic carbocycles. The molecule has 0 bridgehead atoms. The Kier molecular flexibility index (Phi) is 6.12.